The Labute approximate surface area is 128 Å². The summed E-state index contributed by atoms with van der Waals surface area (Å²) >= 11 is 0. The zero-order valence-electron chi connectivity index (χ0n) is 12.5. The number of carbonyl (C=O) groups excluding carboxylic acids is 2. The first-order valence-electron chi connectivity index (χ1n) is 7.59. The van der Waals surface area contributed by atoms with Crippen LogP contribution in [0.5, 0.6) is 0 Å². The van der Waals surface area contributed by atoms with Crippen LogP contribution in [0.15, 0.2) is 38.8 Å². The van der Waals surface area contributed by atoms with E-state index in [1.165, 1.54) is 6.92 Å². The summed E-state index contributed by atoms with van der Waals surface area (Å²) in [5, 5.41) is 13.5. The molecular formula is C15H19N5O2. The number of amidine groups is 1. The molecule has 2 aliphatic heterocycles. The number of amides is 2. The van der Waals surface area contributed by atoms with Crippen molar-refractivity contribution < 1.29 is 9.59 Å². The van der Waals surface area contributed by atoms with Crippen LogP contribution < -0.4 is 10.6 Å². The number of rotatable bonds is 2. The number of hydrogen-bond donors (Lipinski definition) is 2. The predicted molar refractivity (Wildman–Crippen MR) is 81.1 cm³/mol. The zero-order chi connectivity index (χ0) is 15.5. The quantitative estimate of drug-likeness (QED) is 0.810. The van der Waals surface area contributed by atoms with Crippen LogP contribution in [0.3, 0.4) is 0 Å². The minimum Gasteiger partial charge on any atom is -0.357 e. The van der Waals surface area contributed by atoms with Gasteiger partial charge in [0.1, 0.15) is 5.70 Å². The third kappa shape index (κ3) is 3.13. The number of carbonyl (C=O) groups is 2. The minimum absolute atomic E-state index is 0.00661. The Kier molecular flexibility index (Phi) is 4.13. The van der Waals surface area contributed by atoms with E-state index in [0.29, 0.717) is 18.0 Å². The number of azo groups is 1. The molecule has 1 saturated carbocycles. The largest absolute Gasteiger partial charge is 0.357 e. The van der Waals surface area contributed by atoms with Crippen LogP contribution in [-0.2, 0) is 9.59 Å². The molecule has 0 aromatic rings. The van der Waals surface area contributed by atoms with Crippen molar-refractivity contribution in [3.63, 3.8) is 0 Å². The molecule has 3 aliphatic rings. The van der Waals surface area contributed by atoms with Crippen LogP contribution in [0.1, 0.15) is 39.0 Å². The number of hydrogen-bond acceptors (Lipinski definition) is 4. The average Bonchev–Trinajstić information content (AvgIpc) is 2.50. The second-order valence-electron chi connectivity index (χ2n) is 5.78. The molecule has 7 nitrogen and oxygen atoms in total. The molecule has 116 valence electrons. The highest BCUT2D eigenvalue weighted by Crippen LogP contribution is 2.25. The van der Waals surface area contributed by atoms with E-state index in [1.807, 2.05) is 6.08 Å². The van der Waals surface area contributed by atoms with E-state index in [1.54, 1.807) is 6.20 Å². The maximum Gasteiger partial charge on any atom is 0.312 e. The minimum atomic E-state index is -0.349. The molecule has 2 heterocycles. The molecule has 0 saturated heterocycles. The Morgan fingerprint density at radius 3 is 3.09 bits per heavy atom. The summed E-state index contributed by atoms with van der Waals surface area (Å²) in [5.41, 5.74) is 1.29. The first kappa shape index (κ1) is 14.6. The summed E-state index contributed by atoms with van der Waals surface area (Å²) in [6.45, 7) is 1.54. The van der Waals surface area contributed by atoms with Gasteiger partial charge in [0, 0.05) is 18.5 Å². The zero-order valence-corrected chi connectivity index (χ0v) is 12.5. The number of aliphatic imine (C=N–C) groups is 1. The Hall–Kier alpha value is -2.31. The van der Waals surface area contributed by atoms with Gasteiger partial charge in [-0.25, -0.2) is 0 Å². The van der Waals surface area contributed by atoms with Gasteiger partial charge in [0.25, 0.3) is 0 Å². The molecule has 2 atom stereocenters. The van der Waals surface area contributed by atoms with Crippen LogP contribution in [-0.4, -0.2) is 29.7 Å². The van der Waals surface area contributed by atoms with Crippen LogP contribution in [0.4, 0.5) is 0 Å². The Bertz CT molecular complexity index is 617. The molecule has 0 aromatic heterocycles. The first-order valence-corrected chi connectivity index (χ1v) is 7.59. The van der Waals surface area contributed by atoms with E-state index < -0.39 is 0 Å². The van der Waals surface area contributed by atoms with Crippen molar-refractivity contribution in [3.05, 3.63) is 23.5 Å². The fourth-order valence-corrected chi connectivity index (χ4v) is 3.08. The fraction of sp³-hybridized carbons (Fsp3) is 0.533. The maximum absolute atomic E-state index is 11.7. The molecule has 2 unspecified atom stereocenters. The highest BCUT2D eigenvalue weighted by atomic mass is 16.2. The van der Waals surface area contributed by atoms with E-state index in [-0.39, 0.29) is 23.9 Å². The van der Waals surface area contributed by atoms with Gasteiger partial charge in [0.2, 0.25) is 5.91 Å². The number of allylic oxidation sites excluding steroid dienone is 1. The molecule has 3 rings (SSSR count). The molecule has 1 fully saturated rings. The fourth-order valence-electron chi connectivity index (χ4n) is 3.08. The summed E-state index contributed by atoms with van der Waals surface area (Å²) in [6.07, 6.45) is 8.08. The van der Waals surface area contributed by atoms with Gasteiger partial charge in [0.15, 0.2) is 5.84 Å². The first-order chi connectivity index (χ1) is 10.6. The van der Waals surface area contributed by atoms with E-state index in [0.717, 1.165) is 31.3 Å². The summed E-state index contributed by atoms with van der Waals surface area (Å²) < 4.78 is 0. The summed E-state index contributed by atoms with van der Waals surface area (Å²) in [5.74, 6) is 0.186. The Morgan fingerprint density at radius 1 is 1.41 bits per heavy atom. The number of dihydropyridines is 1. The Balaban J connectivity index is 1.76. The van der Waals surface area contributed by atoms with Crippen LogP contribution in [0, 0.1) is 0 Å². The van der Waals surface area contributed by atoms with Gasteiger partial charge in [-0.3, -0.25) is 14.6 Å². The van der Waals surface area contributed by atoms with E-state index in [2.05, 4.69) is 20.9 Å². The molecule has 7 heteroatoms. The van der Waals surface area contributed by atoms with Crippen molar-refractivity contribution in [2.75, 3.05) is 0 Å². The maximum atomic E-state index is 11.7. The normalized spacial score (nSPS) is 29.3. The topological polar surface area (TPSA) is 95.3 Å². The third-order valence-corrected chi connectivity index (χ3v) is 4.05. The second-order valence-corrected chi connectivity index (χ2v) is 5.78. The predicted octanol–water partition coefficient (Wildman–Crippen LogP) is 1.59. The highest BCUT2D eigenvalue weighted by Gasteiger charge is 2.27. The molecule has 2 amide bonds. The van der Waals surface area contributed by atoms with Crippen LogP contribution >= 0.6 is 0 Å². The molecule has 0 aromatic carbocycles. The van der Waals surface area contributed by atoms with Crippen molar-refractivity contribution in [1.29, 1.82) is 0 Å². The van der Waals surface area contributed by atoms with Crippen molar-refractivity contribution in [3.8, 4) is 0 Å². The van der Waals surface area contributed by atoms with Gasteiger partial charge in [-0.1, -0.05) is 6.08 Å². The lowest BCUT2D eigenvalue weighted by molar-refractivity contribution is -0.120. The summed E-state index contributed by atoms with van der Waals surface area (Å²) in [4.78, 5) is 27.6. The lowest BCUT2D eigenvalue weighted by Gasteiger charge is -2.28. The van der Waals surface area contributed by atoms with Gasteiger partial charge in [0.05, 0.1) is 6.04 Å². The molecule has 2 N–H and O–H groups in total. The summed E-state index contributed by atoms with van der Waals surface area (Å²) in [7, 11) is 0. The second kappa shape index (κ2) is 6.21. The molecule has 0 bridgehead atoms. The monoisotopic (exact) mass is 301 g/mol. The molecular weight excluding hydrogens is 282 g/mol. The molecule has 1 aliphatic carbocycles. The Morgan fingerprint density at radius 2 is 2.27 bits per heavy atom. The smallest absolute Gasteiger partial charge is 0.312 e. The lowest BCUT2D eigenvalue weighted by Crippen LogP contribution is -2.38. The van der Waals surface area contributed by atoms with Gasteiger partial charge < -0.3 is 10.6 Å². The lowest BCUT2D eigenvalue weighted by atomic mass is 9.91. The SMILES string of the molecule is CC(=O)NC1CCCC(N=C2N=NC(=O)C3=C2CC=CN3)C1. The molecule has 22 heavy (non-hydrogen) atoms. The van der Waals surface area contributed by atoms with Crippen molar-refractivity contribution >= 4 is 17.6 Å². The van der Waals surface area contributed by atoms with Crippen molar-refractivity contribution in [2.45, 2.75) is 51.1 Å². The van der Waals surface area contributed by atoms with Crippen LogP contribution in [0.25, 0.3) is 0 Å². The summed E-state index contributed by atoms with van der Waals surface area (Å²) in [6, 6.07) is 0.271. The van der Waals surface area contributed by atoms with Gasteiger partial charge >= 0.3 is 5.91 Å². The van der Waals surface area contributed by atoms with Gasteiger partial charge in [-0.2, -0.15) is 0 Å². The van der Waals surface area contributed by atoms with E-state index in [9.17, 15) is 9.59 Å². The molecule has 0 spiro atoms. The highest BCUT2D eigenvalue weighted by molar-refractivity contribution is 6.11. The third-order valence-electron chi connectivity index (χ3n) is 4.05. The number of nitrogens with zero attached hydrogens (tertiary/aromatic N) is 3. The number of nitrogens with one attached hydrogen (secondary N) is 2. The van der Waals surface area contributed by atoms with E-state index in [4.69, 9.17) is 4.99 Å². The molecule has 0 radical (unpaired) electrons. The van der Waals surface area contributed by atoms with E-state index >= 15 is 0 Å². The van der Waals surface area contributed by atoms with Crippen molar-refractivity contribution in [1.82, 2.24) is 10.6 Å². The average molecular weight is 301 g/mol. The van der Waals surface area contributed by atoms with Gasteiger partial charge in [-0.05, 0) is 38.3 Å². The van der Waals surface area contributed by atoms with Crippen molar-refractivity contribution in [2.24, 2.45) is 15.2 Å². The van der Waals surface area contributed by atoms with Crippen LogP contribution in [0.2, 0.25) is 0 Å². The standard InChI is InChI=1S/C15H19N5O2/c1-9(21)17-10-4-2-5-11(8-10)18-14-12-6-3-7-16-13(12)15(22)20-19-14/h3,7,10-11,16H,2,4-6,8H2,1H3,(H,17,21). The van der Waals surface area contributed by atoms with Gasteiger partial charge in [-0.15, -0.1) is 10.2 Å².